The van der Waals surface area contributed by atoms with Crippen molar-refractivity contribution in [3.05, 3.63) is 76.8 Å². The van der Waals surface area contributed by atoms with Gasteiger partial charge in [0.2, 0.25) is 5.82 Å². The molecule has 2 heterocycles. The second kappa shape index (κ2) is 8.35. The van der Waals surface area contributed by atoms with Crippen molar-refractivity contribution in [3.8, 4) is 11.4 Å². The summed E-state index contributed by atoms with van der Waals surface area (Å²) in [6.07, 6.45) is 0.966. The fourth-order valence-corrected chi connectivity index (χ4v) is 4.07. The summed E-state index contributed by atoms with van der Waals surface area (Å²) >= 11 is 11.9. The van der Waals surface area contributed by atoms with E-state index in [1.54, 1.807) is 0 Å². The van der Waals surface area contributed by atoms with Crippen molar-refractivity contribution in [2.24, 2.45) is 0 Å². The summed E-state index contributed by atoms with van der Waals surface area (Å²) in [5.41, 5.74) is 3.81. The minimum atomic E-state index is -0.224. The topological polar surface area (TPSA) is 54.2 Å². The van der Waals surface area contributed by atoms with Crippen molar-refractivity contribution in [1.29, 1.82) is 0 Å². The van der Waals surface area contributed by atoms with Crippen LogP contribution in [0.15, 0.2) is 64.8 Å². The zero-order valence-corrected chi connectivity index (χ0v) is 17.8. The maximum Gasteiger partial charge on any atom is 0.258 e. The molecule has 0 amide bonds. The molecule has 0 saturated heterocycles. The van der Waals surface area contributed by atoms with E-state index in [1.165, 1.54) is 0 Å². The Morgan fingerprint density at radius 1 is 1.17 bits per heavy atom. The number of benzene rings is 2. The average molecular weight is 425 g/mol. The molecule has 3 aromatic rings. The van der Waals surface area contributed by atoms with E-state index in [-0.39, 0.29) is 6.04 Å². The van der Waals surface area contributed by atoms with Gasteiger partial charge in [-0.25, -0.2) is 0 Å². The van der Waals surface area contributed by atoms with Crippen LogP contribution in [0.25, 0.3) is 17.0 Å². The monoisotopic (exact) mass is 424 g/mol. The Balaban J connectivity index is 1.83. The van der Waals surface area contributed by atoms with Crippen molar-refractivity contribution in [3.63, 3.8) is 0 Å². The van der Waals surface area contributed by atoms with E-state index >= 15 is 0 Å². The second-order valence-electron chi connectivity index (χ2n) is 6.88. The van der Waals surface area contributed by atoms with Crippen molar-refractivity contribution in [2.75, 3.05) is 6.54 Å². The largest absolute Gasteiger partial charge is 0.351 e. The van der Waals surface area contributed by atoms with Gasteiger partial charge in [-0.2, -0.15) is 4.98 Å². The summed E-state index contributed by atoms with van der Waals surface area (Å²) in [6, 6.07) is 17.3. The smallest absolute Gasteiger partial charge is 0.258 e. The Kier molecular flexibility index (Phi) is 5.65. The van der Waals surface area contributed by atoms with Crippen LogP contribution in [0.3, 0.4) is 0 Å². The lowest BCUT2D eigenvalue weighted by Crippen LogP contribution is -2.46. The summed E-state index contributed by atoms with van der Waals surface area (Å²) in [4.78, 5) is 6.78. The van der Waals surface area contributed by atoms with Crippen LogP contribution in [-0.4, -0.2) is 26.7 Å². The lowest BCUT2D eigenvalue weighted by Gasteiger charge is -2.37. The molecule has 2 aromatic carbocycles. The standard InChI is InChI=1S/C22H21ClN4OS/c1-3-12-27-14(2)18(19(24-22(27)29)16-10-7-11-17(23)13-16)21-25-20(26-28-21)15-8-5-4-6-9-15/h4-11,13,19H,3,12H2,1-2H3,(H,24,29). The summed E-state index contributed by atoms with van der Waals surface area (Å²) in [5, 5.41) is 8.99. The number of thiocarbonyl (C=S) groups is 1. The normalized spacial score (nSPS) is 16.9. The molecule has 29 heavy (non-hydrogen) atoms. The molecule has 1 aromatic heterocycles. The summed E-state index contributed by atoms with van der Waals surface area (Å²) < 4.78 is 5.71. The van der Waals surface area contributed by atoms with E-state index in [0.29, 0.717) is 21.9 Å². The highest BCUT2D eigenvalue weighted by molar-refractivity contribution is 7.80. The van der Waals surface area contributed by atoms with E-state index in [4.69, 9.17) is 33.3 Å². The average Bonchev–Trinajstić information content (AvgIpc) is 3.21. The van der Waals surface area contributed by atoms with Crippen molar-refractivity contribution in [2.45, 2.75) is 26.3 Å². The highest BCUT2D eigenvalue weighted by Gasteiger charge is 2.33. The minimum Gasteiger partial charge on any atom is -0.351 e. The molecule has 7 heteroatoms. The van der Waals surface area contributed by atoms with E-state index in [9.17, 15) is 0 Å². The number of nitrogens with one attached hydrogen (secondary N) is 1. The van der Waals surface area contributed by atoms with Crippen LogP contribution in [0.2, 0.25) is 5.02 Å². The summed E-state index contributed by atoms with van der Waals surface area (Å²) in [7, 11) is 0. The van der Waals surface area contributed by atoms with Gasteiger partial charge < -0.3 is 14.7 Å². The second-order valence-corrected chi connectivity index (χ2v) is 7.70. The molecule has 0 radical (unpaired) electrons. The van der Waals surface area contributed by atoms with Gasteiger partial charge in [0.1, 0.15) is 0 Å². The molecule has 148 valence electrons. The van der Waals surface area contributed by atoms with Gasteiger partial charge >= 0.3 is 0 Å². The van der Waals surface area contributed by atoms with Crippen LogP contribution >= 0.6 is 23.8 Å². The number of hydrogen-bond acceptors (Lipinski definition) is 4. The Hall–Kier alpha value is -2.70. The van der Waals surface area contributed by atoms with Crippen LogP contribution in [0.1, 0.15) is 37.8 Å². The SMILES string of the molecule is CCCN1C(=S)NC(c2cccc(Cl)c2)C(c2nc(-c3ccccc3)no2)=C1C. The number of nitrogens with zero attached hydrogens (tertiary/aromatic N) is 3. The first-order valence-electron chi connectivity index (χ1n) is 9.52. The van der Waals surface area contributed by atoms with Crippen LogP contribution in [0.5, 0.6) is 0 Å². The summed E-state index contributed by atoms with van der Waals surface area (Å²) in [6.45, 7) is 4.98. The number of hydrogen-bond donors (Lipinski definition) is 1. The van der Waals surface area contributed by atoms with Crippen molar-refractivity contribution >= 4 is 34.5 Å². The predicted molar refractivity (Wildman–Crippen MR) is 119 cm³/mol. The predicted octanol–water partition coefficient (Wildman–Crippen LogP) is 5.46. The molecule has 5 nitrogen and oxygen atoms in total. The molecule has 0 fully saturated rings. The van der Waals surface area contributed by atoms with E-state index in [1.807, 2.05) is 61.5 Å². The van der Waals surface area contributed by atoms with E-state index < -0.39 is 0 Å². The van der Waals surface area contributed by atoms with Crippen LogP contribution in [0.4, 0.5) is 0 Å². The van der Waals surface area contributed by atoms with Gasteiger partial charge in [-0.1, -0.05) is 66.1 Å². The molecule has 0 spiro atoms. The molecule has 1 aliphatic heterocycles. The molecular formula is C22H21ClN4OS. The molecule has 1 unspecified atom stereocenters. The lowest BCUT2D eigenvalue weighted by molar-refractivity contribution is 0.396. The first-order chi connectivity index (χ1) is 14.1. The minimum absolute atomic E-state index is 0.224. The fraction of sp³-hybridized carbons (Fsp3) is 0.227. The zero-order valence-electron chi connectivity index (χ0n) is 16.2. The molecule has 1 atom stereocenters. The fourth-order valence-electron chi connectivity index (χ4n) is 3.52. The third-order valence-corrected chi connectivity index (χ3v) is 5.49. The molecule has 1 aliphatic rings. The van der Waals surface area contributed by atoms with Crippen molar-refractivity contribution < 1.29 is 4.52 Å². The van der Waals surface area contributed by atoms with Gasteiger partial charge in [0, 0.05) is 22.8 Å². The van der Waals surface area contributed by atoms with E-state index in [0.717, 1.165) is 35.4 Å². The lowest BCUT2D eigenvalue weighted by atomic mass is 9.95. The number of rotatable bonds is 5. The van der Waals surface area contributed by atoms with Gasteiger partial charge in [0.25, 0.3) is 5.89 Å². The van der Waals surface area contributed by atoms with Crippen LogP contribution in [-0.2, 0) is 0 Å². The summed E-state index contributed by atoms with van der Waals surface area (Å²) in [5.74, 6) is 1.03. The first-order valence-corrected chi connectivity index (χ1v) is 10.3. The Morgan fingerprint density at radius 3 is 2.69 bits per heavy atom. The van der Waals surface area contributed by atoms with Crippen LogP contribution in [0, 0.1) is 0 Å². The number of allylic oxidation sites excluding steroid dienone is 1. The number of aromatic nitrogens is 2. The molecular weight excluding hydrogens is 404 g/mol. The van der Waals surface area contributed by atoms with Crippen molar-refractivity contribution in [1.82, 2.24) is 20.4 Å². The third-order valence-electron chi connectivity index (χ3n) is 4.91. The Morgan fingerprint density at radius 2 is 1.97 bits per heavy atom. The maximum atomic E-state index is 6.25. The number of halogens is 1. The highest BCUT2D eigenvalue weighted by atomic mass is 35.5. The third kappa shape index (κ3) is 3.91. The zero-order chi connectivity index (χ0) is 20.4. The van der Waals surface area contributed by atoms with Gasteiger partial charge in [-0.05, 0) is 43.3 Å². The molecule has 1 N–H and O–H groups in total. The van der Waals surface area contributed by atoms with Gasteiger partial charge in [0.15, 0.2) is 5.11 Å². The quantitative estimate of drug-likeness (QED) is 0.548. The van der Waals surface area contributed by atoms with E-state index in [2.05, 4.69) is 22.3 Å². The maximum absolute atomic E-state index is 6.25. The highest BCUT2D eigenvalue weighted by Crippen LogP contribution is 2.38. The van der Waals surface area contributed by atoms with Gasteiger partial charge in [-0.15, -0.1) is 0 Å². The van der Waals surface area contributed by atoms with Gasteiger partial charge in [-0.3, -0.25) is 0 Å². The molecule has 0 saturated carbocycles. The molecule has 0 aliphatic carbocycles. The Bertz CT molecular complexity index is 1060. The molecule has 0 bridgehead atoms. The van der Waals surface area contributed by atoms with Crippen LogP contribution < -0.4 is 5.32 Å². The first kappa shape index (κ1) is 19.6. The van der Waals surface area contributed by atoms with Gasteiger partial charge in [0.05, 0.1) is 11.6 Å². The Labute approximate surface area is 180 Å². The molecule has 4 rings (SSSR count).